The number of ether oxygens (including phenoxy) is 1. The highest BCUT2D eigenvalue weighted by molar-refractivity contribution is 6.00. The average Bonchev–Trinajstić information content (AvgIpc) is 2.75. The maximum absolute atomic E-state index is 15.3. The Hall–Kier alpha value is -2.87. The van der Waals surface area contributed by atoms with E-state index in [-0.39, 0.29) is 17.0 Å². The zero-order valence-electron chi connectivity index (χ0n) is 18.3. The van der Waals surface area contributed by atoms with Crippen molar-refractivity contribution >= 4 is 22.5 Å². The summed E-state index contributed by atoms with van der Waals surface area (Å²) in [7, 11) is 2.04. The van der Waals surface area contributed by atoms with Crippen LogP contribution in [0.4, 0.5) is 10.1 Å². The number of amides is 1. The number of carbonyl (C=O) groups is 1. The lowest BCUT2D eigenvalue weighted by atomic mass is 10.0. The van der Waals surface area contributed by atoms with E-state index in [0.717, 1.165) is 13.1 Å². The summed E-state index contributed by atoms with van der Waals surface area (Å²) in [4.78, 5) is 30.0. The van der Waals surface area contributed by atoms with E-state index in [1.54, 1.807) is 6.20 Å². The molecule has 0 aliphatic carbocycles. The number of hydrogen-bond donors (Lipinski definition) is 1. The molecule has 7 nitrogen and oxygen atoms in total. The number of anilines is 1. The molecule has 2 aliphatic heterocycles. The van der Waals surface area contributed by atoms with Gasteiger partial charge >= 0.3 is 0 Å². The van der Waals surface area contributed by atoms with Crippen molar-refractivity contribution in [2.24, 2.45) is 0 Å². The molecule has 1 N–H and O–H groups in total. The van der Waals surface area contributed by atoms with Gasteiger partial charge in [-0.05, 0) is 33.4 Å². The van der Waals surface area contributed by atoms with Crippen LogP contribution < -0.4 is 20.4 Å². The predicted molar refractivity (Wildman–Crippen MR) is 120 cm³/mol. The monoisotopic (exact) mass is 428 g/mol. The highest BCUT2D eigenvalue weighted by Gasteiger charge is 2.30. The zero-order chi connectivity index (χ0) is 22.1. The van der Waals surface area contributed by atoms with Crippen molar-refractivity contribution in [3.8, 4) is 5.75 Å². The quantitative estimate of drug-likeness (QED) is 0.586. The van der Waals surface area contributed by atoms with Gasteiger partial charge in [0.1, 0.15) is 17.9 Å². The van der Waals surface area contributed by atoms with Gasteiger partial charge in [-0.15, -0.1) is 0 Å². The van der Waals surface area contributed by atoms with Crippen LogP contribution in [0.3, 0.4) is 0 Å². The Balaban J connectivity index is 1.81. The number of nitrogens with one attached hydrogen (secondary N) is 1. The molecule has 4 rings (SSSR count). The van der Waals surface area contributed by atoms with Crippen LogP contribution in [0.15, 0.2) is 29.2 Å². The summed E-state index contributed by atoms with van der Waals surface area (Å²) in [6, 6.07) is 1.18. The Labute approximate surface area is 181 Å². The topological polar surface area (TPSA) is 66.8 Å². The average molecular weight is 429 g/mol. The first kappa shape index (κ1) is 21.4. The molecule has 1 aromatic carbocycles. The van der Waals surface area contributed by atoms with E-state index in [9.17, 15) is 9.59 Å². The lowest BCUT2D eigenvalue weighted by molar-refractivity contribution is 0.0952. The molecule has 0 bridgehead atoms. The number of allylic oxidation sites excluding steroid dienone is 1. The summed E-state index contributed by atoms with van der Waals surface area (Å²) < 4.78 is 23.2. The van der Waals surface area contributed by atoms with Crippen molar-refractivity contribution in [3.63, 3.8) is 0 Å². The fourth-order valence-electron chi connectivity index (χ4n) is 4.23. The van der Waals surface area contributed by atoms with Gasteiger partial charge in [0.15, 0.2) is 11.6 Å². The summed E-state index contributed by atoms with van der Waals surface area (Å²) in [5, 5.41) is 2.96. The molecule has 166 valence electrons. The van der Waals surface area contributed by atoms with Crippen molar-refractivity contribution in [2.75, 3.05) is 51.3 Å². The molecule has 1 fully saturated rings. The summed E-state index contributed by atoms with van der Waals surface area (Å²) >= 11 is 0. The normalized spacial score (nSPS) is 19.1. The van der Waals surface area contributed by atoms with Crippen LogP contribution in [-0.2, 0) is 0 Å². The Morgan fingerprint density at radius 1 is 1.32 bits per heavy atom. The van der Waals surface area contributed by atoms with Crippen molar-refractivity contribution in [1.82, 2.24) is 14.8 Å². The van der Waals surface area contributed by atoms with E-state index in [4.69, 9.17) is 4.74 Å². The predicted octanol–water partition coefficient (Wildman–Crippen LogP) is 2.54. The van der Waals surface area contributed by atoms with Gasteiger partial charge in [-0.1, -0.05) is 12.2 Å². The molecule has 2 aliphatic rings. The van der Waals surface area contributed by atoms with Crippen LogP contribution in [0.2, 0.25) is 0 Å². The maximum Gasteiger partial charge on any atom is 0.256 e. The van der Waals surface area contributed by atoms with Gasteiger partial charge in [-0.2, -0.15) is 0 Å². The third kappa shape index (κ3) is 3.92. The van der Waals surface area contributed by atoms with Gasteiger partial charge in [0.25, 0.3) is 5.91 Å². The maximum atomic E-state index is 15.3. The number of halogens is 1. The van der Waals surface area contributed by atoms with Crippen molar-refractivity contribution in [2.45, 2.75) is 26.3 Å². The highest BCUT2D eigenvalue weighted by atomic mass is 19.1. The first-order valence-corrected chi connectivity index (χ1v) is 10.8. The summed E-state index contributed by atoms with van der Waals surface area (Å²) in [5.41, 5.74) is 0.519. The number of piperazine rings is 1. The number of rotatable bonds is 5. The third-order valence-corrected chi connectivity index (χ3v) is 6.04. The van der Waals surface area contributed by atoms with Gasteiger partial charge in [0.05, 0.1) is 16.9 Å². The van der Waals surface area contributed by atoms with Gasteiger partial charge in [0.2, 0.25) is 5.43 Å². The van der Waals surface area contributed by atoms with Crippen LogP contribution in [0.5, 0.6) is 5.75 Å². The Bertz CT molecular complexity index is 1090. The second kappa shape index (κ2) is 8.70. The third-order valence-electron chi connectivity index (χ3n) is 6.04. The lowest BCUT2D eigenvalue weighted by Crippen LogP contribution is -2.45. The Kier molecular flexibility index (Phi) is 6.00. The van der Waals surface area contributed by atoms with Crippen LogP contribution in [0, 0.1) is 5.82 Å². The SMILES string of the molecule is C/C=C/CCNC(=O)c1cn2c3c(c(N4CCN(C)CC4)c(F)cc3c1=O)OC[C@H]2C. The molecule has 1 amide bonds. The molecule has 1 atom stereocenters. The minimum Gasteiger partial charge on any atom is -0.487 e. The van der Waals surface area contributed by atoms with Gasteiger partial charge in [-0.25, -0.2) is 4.39 Å². The molecular formula is C23H29FN4O3. The van der Waals surface area contributed by atoms with Crippen LogP contribution >= 0.6 is 0 Å². The van der Waals surface area contributed by atoms with E-state index in [2.05, 4.69) is 10.2 Å². The molecular weight excluding hydrogens is 399 g/mol. The molecule has 8 heteroatoms. The summed E-state index contributed by atoms with van der Waals surface area (Å²) in [6.07, 6.45) is 6.13. The molecule has 0 spiro atoms. The van der Waals surface area contributed by atoms with E-state index in [0.29, 0.717) is 49.6 Å². The molecule has 0 unspecified atom stereocenters. The van der Waals surface area contributed by atoms with Gasteiger partial charge in [-0.3, -0.25) is 9.59 Å². The lowest BCUT2D eigenvalue weighted by Gasteiger charge is -2.37. The van der Waals surface area contributed by atoms with E-state index < -0.39 is 17.2 Å². The van der Waals surface area contributed by atoms with E-state index in [1.165, 1.54) is 6.07 Å². The molecule has 0 radical (unpaired) electrons. The second-order valence-electron chi connectivity index (χ2n) is 8.28. The minimum absolute atomic E-state index is 0.0272. The molecule has 31 heavy (non-hydrogen) atoms. The first-order valence-electron chi connectivity index (χ1n) is 10.8. The van der Waals surface area contributed by atoms with Crippen molar-refractivity contribution in [1.29, 1.82) is 0 Å². The minimum atomic E-state index is -0.490. The zero-order valence-corrected chi connectivity index (χ0v) is 18.3. The van der Waals surface area contributed by atoms with E-state index in [1.807, 2.05) is 42.5 Å². The second-order valence-corrected chi connectivity index (χ2v) is 8.28. The number of likely N-dealkylation sites (N-methyl/N-ethyl adjacent to an activating group) is 1. The first-order chi connectivity index (χ1) is 14.9. The number of carbonyl (C=O) groups excluding carboxylic acids is 1. The number of aromatic nitrogens is 1. The van der Waals surface area contributed by atoms with Crippen LogP contribution in [0.25, 0.3) is 10.9 Å². The molecule has 2 aromatic rings. The standard InChI is InChI=1S/C23H29FN4O3/c1-4-5-6-7-25-23(30)17-13-28-15(2)14-31-22-19(28)16(21(17)29)12-18(24)20(22)27-10-8-26(3)9-11-27/h4-5,12-13,15H,6-11,14H2,1-3H3,(H,25,30)/b5-4+/t15-/m1/s1. The van der Waals surface area contributed by atoms with Crippen LogP contribution in [-0.4, -0.2) is 61.8 Å². The number of benzene rings is 1. The Morgan fingerprint density at radius 3 is 2.77 bits per heavy atom. The van der Waals surface area contributed by atoms with E-state index >= 15 is 4.39 Å². The smallest absolute Gasteiger partial charge is 0.256 e. The van der Waals surface area contributed by atoms with Gasteiger partial charge < -0.3 is 24.4 Å². The fraction of sp³-hybridized carbons (Fsp3) is 0.478. The summed E-state index contributed by atoms with van der Waals surface area (Å²) in [5.74, 6) is -0.533. The fourth-order valence-corrected chi connectivity index (χ4v) is 4.23. The molecule has 3 heterocycles. The number of pyridine rings is 1. The number of nitrogens with zero attached hydrogens (tertiary/aromatic N) is 3. The van der Waals surface area contributed by atoms with Gasteiger partial charge in [0, 0.05) is 38.9 Å². The number of hydrogen-bond acceptors (Lipinski definition) is 5. The highest BCUT2D eigenvalue weighted by Crippen LogP contribution is 2.42. The van der Waals surface area contributed by atoms with Crippen LogP contribution in [0.1, 0.15) is 36.7 Å². The molecule has 1 aromatic heterocycles. The molecule has 0 saturated carbocycles. The summed E-state index contributed by atoms with van der Waals surface area (Å²) in [6.45, 7) is 7.66. The largest absolute Gasteiger partial charge is 0.487 e. The Morgan fingerprint density at radius 2 is 2.06 bits per heavy atom. The van der Waals surface area contributed by atoms with Crippen molar-refractivity contribution < 1.29 is 13.9 Å². The van der Waals surface area contributed by atoms with Crippen molar-refractivity contribution in [3.05, 3.63) is 46.0 Å². The molecule has 1 saturated heterocycles.